The number of nitrogens with one attached hydrogen (secondary N) is 1. The molecule has 232 valence electrons. The number of fused-ring (bicyclic) bond motifs is 1. The zero-order valence-electron chi connectivity index (χ0n) is 26.1. The number of urea groups is 1. The number of benzene rings is 2. The number of piperidine rings is 1. The summed E-state index contributed by atoms with van der Waals surface area (Å²) in [5.41, 5.74) is 5.59. The molecule has 2 radical (unpaired) electrons. The molecule has 2 unspecified atom stereocenters. The highest BCUT2D eigenvalue weighted by Gasteiger charge is 2.38. The van der Waals surface area contributed by atoms with Crippen LogP contribution >= 0.6 is 0 Å². The molecule has 6 rings (SSSR count). The van der Waals surface area contributed by atoms with Crippen LogP contribution in [0.5, 0.6) is 0 Å². The standard InChI is InChI=1S/C34H44BN5O4/c1-23-19-25(20-24(2)31(23)35)21-30(32(41)39-17-12-28(22-39)37-13-5-6-14-37)44-34(43)38-15-10-27(11-16-38)40-18-9-26-7-3-4-8-29(26)36-33(40)42/h3-4,7-8,19-20,27-28,30H,5-6,9-18,21-22H2,1-2H3,(H,36,42). The third kappa shape index (κ3) is 6.60. The Morgan fingerprint density at radius 2 is 1.59 bits per heavy atom. The molecule has 3 fully saturated rings. The lowest BCUT2D eigenvalue weighted by atomic mass is 9.85. The van der Waals surface area contributed by atoms with Crippen molar-refractivity contribution in [1.82, 2.24) is 19.6 Å². The van der Waals surface area contributed by atoms with Crippen LogP contribution in [0.25, 0.3) is 0 Å². The Labute approximate surface area is 262 Å². The van der Waals surface area contributed by atoms with Crippen molar-refractivity contribution in [2.75, 3.05) is 51.1 Å². The molecular weight excluding hydrogens is 553 g/mol. The number of hydrogen-bond acceptors (Lipinski definition) is 5. The van der Waals surface area contributed by atoms with E-state index in [-0.39, 0.29) is 18.0 Å². The van der Waals surface area contributed by atoms with Gasteiger partial charge in [-0.1, -0.05) is 46.9 Å². The van der Waals surface area contributed by atoms with Crippen molar-refractivity contribution < 1.29 is 19.1 Å². The third-order valence-corrected chi connectivity index (χ3v) is 10.0. The van der Waals surface area contributed by atoms with Crippen molar-refractivity contribution in [3.05, 3.63) is 58.7 Å². The molecule has 4 heterocycles. The number of carbonyl (C=O) groups excluding carboxylic acids is 3. The lowest BCUT2D eigenvalue weighted by molar-refractivity contribution is -0.140. The number of hydrogen-bond donors (Lipinski definition) is 1. The first-order chi connectivity index (χ1) is 21.3. The smallest absolute Gasteiger partial charge is 0.410 e. The number of ether oxygens (including phenoxy) is 1. The Kier molecular flexibility index (Phi) is 9.17. The van der Waals surface area contributed by atoms with Gasteiger partial charge in [0.2, 0.25) is 0 Å². The van der Waals surface area contributed by atoms with E-state index >= 15 is 0 Å². The van der Waals surface area contributed by atoms with E-state index in [0.29, 0.717) is 58.0 Å². The van der Waals surface area contributed by atoms with E-state index in [0.717, 1.165) is 59.3 Å². The summed E-state index contributed by atoms with van der Waals surface area (Å²) < 4.78 is 6.06. The van der Waals surface area contributed by atoms with Gasteiger partial charge in [0.1, 0.15) is 7.85 Å². The van der Waals surface area contributed by atoms with Gasteiger partial charge in [-0.15, -0.1) is 0 Å². The number of nitrogens with zero attached hydrogens (tertiary/aromatic N) is 4. The van der Waals surface area contributed by atoms with Gasteiger partial charge in [-0.2, -0.15) is 0 Å². The van der Waals surface area contributed by atoms with Gasteiger partial charge < -0.3 is 24.8 Å². The van der Waals surface area contributed by atoms with Crippen LogP contribution in [0.3, 0.4) is 0 Å². The fourth-order valence-corrected chi connectivity index (χ4v) is 7.42. The molecule has 3 saturated heterocycles. The van der Waals surface area contributed by atoms with Crippen molar-refractivity contribution in [2.45, 2.75) is 77.0 Å². The molecular formula is C34H44BN5O4. The van der Waals surface area contributed by atoms with Crippen molar-refractivity contribution in [3.8, 4) is 0 Å². The van der Waals surface area contributed by atoms with Gasteiger partial charge in [0.05, 0.1) is 0 Å². The van der Waals surface area contributed by atoms with Crippen LogP contribution in [0, 0.1) is 13.8 Å². The van der Waals surface area contributed by atoms with Crippen LogP contribution in [0.4, 0.5) is 15.3 Å². The minimum atomic E-state index is -0.908. The molecule has 0 saturated carbocycles. The Morgan fingerprint density at radius 1 is 0.932 bits per heavy atom. The molecule has 10 heteroatoms. The molecule has 4 aliphatic heterocycles. The number of rotatable bonds is 6. The zero-order chi connectivity index (χ0) is 30.8. The maximum Gasteiger partial charge on any atom is 0.410 e. The van der Waals surface area contributed by atoms with E-state index < -0.39 is 12.2 Å². The lowest BCUT2D eigenvalue weighted by Gasteiger charge is -2.38. The predicted molar refractivity (Wildman–Crippen MR) is 172 cm³/mol. The average Bonchev–Trinajstić information content (AvgIpc) is 3.70. The van der Waals surface area contributed by atoms with Gasteiger partial charge in [0.15, 0.2) is 6.10 Å². The van der Waals surface area contributed by atoms with E-state index in [9.17, 15) is 14.4 Å². The number of aryl methyl sites for hydroxylation is 2. The monoisotopic (exact) mass is 597 g/mol. The first-order valence-electron chi connectivity index (χ1n) is 16.3. The Morgan fingerprint density at radius 3 is 2.32 bits per heavy atom. The minimum Gasteiger partial charge on any atom is -0.436 e. The fraction of sp³-hybridized carbons (Fsp3) is 0.559. The Bertz CT molecular complexity index is 1360. The highest BCUT2D eigenvalue weighted by molar-refractivity contribution is 6.34. The van der Waals surface area contributed by atoms with E-state index in [1.165, 1.54) is 12.8 Å². The van der Waals surface area contributed by atoms with Gasteiger partial charge in [-0.05, 0) is 82.7 Å². The van der Waals surface area contributed by atoms with Gasteiger partial charge in [-0.3, -0.25) is 9.69 Å². The van der Waals surface area contributed by atoms with Crippen molar-refractivity contribution in [1.29, 1.82) is 0 Å². The molecule has 2 aromatic carbocycles. The molecule has 4 amide bonds. The van der Waals surface area contributed by atoms with E-state index in [4.69, 9.17) is 12.6 Å². The minimum absolute atomic E-state index is 0.0404. The highest BCUT2D eigenvalue weighted by Crippen LogP contribution is 2.26. The summed E-state index contributed by atoms with van der Waals surface area (Å²) in [5.74, 6) is -0.122. The third-order valence-electron chi connectivity index (χ3n) is 10.0. The van der Waals surface area contributed by atoms with Crippen molar-refractivity contribution in [2.24, 2.45) is 0 Å². The molecule has 0 aromatic heterocycles. The summed E-state index contributed by atoms with van der Waals surface area (Å²) in [6, 6.07) is 12.2. The first-order valence-corrected chi connectivity index (χ1v) is 16.3. The number of likely N-dealkylation sites (tertiary alicyclic amines) is 3. The quantitative estimate of drug-likeness (QED) is 0.517. The molecule has 44 heavy (non-hydrogen) atoms. The van der Waals surface area contributed by atoms with Crippen molar-refractivity contribution >= 4 is 37.0 Å². The molecule has 4 aliphatic rings. The second kappa shape index (κ2) is 13.2. The summed E-state index contributed by atoms with van der Waals surface area (Å²) in [4.78, 5) is 48.5. The number of amides is 4. The Balaban J connectivity index is 1.10. The molecule has 0 spiro atoms. The van der Waals surface area contributed by atoms with E-state index in [1.807, 2.05) is 54.0 Å². The zero-order valence-corrected chi connectivity index (χ0v) is 26.1. The second-order valence-corrected chi connectivity index (χ2v) is 12.9. The second-order valence-electron chi connectivity index (χ2n) is 12.9. The fourth-order valence-electron chi connectivity index (χ4n) is 7.42. The largest absolute Gasteiger partial charge is 0.436 e. The number of anilines is 1. The predicted octanol–water partition coefficient (Wildman–Crippen LogP) is 3.40. The number of carbonyl (C=O) groups is 3. The average molecular weight is 598 g/mol. The molecule has 1 N–H and O–H groups in total. The van der Waals surface area contributed by atoms with Gasteiger partial charge in [0.25, 0.3) is 5.91 Å². The summed E-state index contributed by atoms with van der Waals surface area (Å²) >= 11 is 0. The Hall–Kier alpha value is -3.53. The maximum atomic E-state index is 13.9. The van der Waals surface area contributed by atoms with Crippen molar-refractivity contribution in [3.63, 3.8) is 0 Å². The van der Waals surface area contributed by atoms with Crippen LogP contribution in [0.15, 0.2) is 36.4 Å². The molecule has 2 atom stereocenters. The molecule has 0 bridgehead atoms. The maximum absolute atomic E-state index is 13.9. The molecule has 9 nitrogen and oxygen atoms in total. The van der Waals surface area contributed by atoms with Crippen LogP contribution in [0.1, 0.15) is 54.4 Å². The topological polar surface area (TPSA) is 85.4 Å². The van der Waals surface area contributed by atoms with E-state index in [2.05, 4.69) is 16.3 Å². The summed E-state index contributed by atoms with van der Waals surface area (Å²) in [7, 11) is 6.20. The SMILES string of the molecule is [B]c1c(C)cc(CC(OC(=O)N2CCC(N3CCc4ccccc4NC3=O)CC2)C(=O)N2CCC(N3CCCC3)C2)cc1C. The van der Waals surface area contributed by atoms with Crippen LogP contribution < -0.4 is 10.8 Å². The molecule has 2 aromatic rings. The summed E-state index contributed by atoms with van der Waals surface area (Å²) in [5, 5.41) is 3.05. The highest BCUT2D eigenvalue weighted by atomic mass is 16.6. The van der Waals surface area contributed by atoms with Gasteiger partial charge in [0, 0.05) is 56.9 Å². The number of para-hydroxylation sites is 1. The summed E-state index contributed by atoms with van der Waals surface area (Å²) in [6.45, 7) is 9.06. The summed E-state index contributed by atoms with van der Waals surface area (Å²) in [6.07, 6.45) is 4.44. The molecule has 0 aliphatic carbocycles. The van der Waals surface area contributed by atoms with Gasteiger partial charge >= 0.3 is 12.1 Å². The van der Waals surface area contributed by atoms with Crippen LogP contribution in [-0.2, 0) is 22.4 Å². The lowest BCUT2D eigenvalue weighted by Crippen LogP contribution is -2.51. The van der Waals surface area contributed by atoms with Gasteiger partial charge in [-0.25, -0.2) is 9.59 Å². The normalized spacial score (nSPS) is 22.0. The van der Waals surface area contributed by atoms with Crippen LogP contribution in [0.2, 0.25) is 0 Å². The van der Waals surface area contributed by atoms with E-state index in [1.54, 1.807) is 4.90 Å². The first kappa shape index (κ1) is 30.5. The van der Waals surface area contributed by atoms with Crippen LogP contribution in [-0.4, -0.2) is 109 Å².